The van der Waals surface area contributed by atoms with E-state index in [4.69, 9.17) is 16.3 Å². The molecule has 0 bridgehead atoms. The molecular formula is C20H17ClFN3O2S. The zero-order valence-corrected chi connectivity index (χ0v) is 16.6. The molecule has 0 aliphatic rings. The lowest BCUT2D eigenvalue weighted by Gasteiger charge is -2.03. The number of ether oxygens (including phenoxy) is 1. The van der Waals surface area contributed by atoms with Crippen molar-refractivity contribution in [3.05, 3.63) is 75.5 Å². The second kappa shape index (κ2) is 9.43. The molecule has 0 radical (unpaired) electrons. The van der Waals surface area contributed by atoms with Crippen LogP contribution in [0.2, 0.25) is 0 Å². The Kier molecular flexibility index (Phi) is 6.73. The minimum atomic E-state index is -0.362. The minimum Gasteiger partial charge on any atom is -0.494 e. The molecule has 0 saturated heterocycles. The highest BCUT2D eigenvalue weighted by Crippen LogP contribution is 2.26. The molecule has 8 heteroatoms. The summed E-state index contributed by atoms with van der Waals surface area (Å²) in [6.07, 6.45) is 1.75. The topological polar surface area (TPSA) is 64.1 Å². The van der Waals surface area contributed by atoms with Gasteiger partial charge in [0, 0.05) is 6.54 Å². The number of aromatic nitrogens is 2. The van der Waals surface area contributed by atoms with Gasteiger partial charge in [-0.05, 0) is 48.4 Å². The molecule has 0 fully saturated rings. The number of carbonyl (C=O) groups is 1. The smallest absolute Gasteiger partial charge is 0.282 e. The van der Waals surface area contributed by atoms with Gasteiger partial charge in [-0.3, -0.25) is 4.79 Å². The van der Waals surface area contributed by atoms with Gasteiger partial charge in [0.1, 0.15) is 11.6 Å². The third kappa shape index (κ3) is 5.37. The van der Waals surface area contributed by atoms with Crippen LogP contribution in [-0.4, -0.2) is 22.7 Å². The second-order valence-corrected chi connectivity index (χ2v) is 7.10. The molecule has 0 unspecified atom stereocenters. The number of carbonyl (C=O) groups excluding carboxylic acids is 1. The monoisotopic (exact) mass is 417 g/mol. The number of halogens is 2. The Bertz CT molecular complexity index is 972. The summed E-state index contributed by atoms with van der Waals surface area (Å²) in [4.78, 5) is 12.2. The van der Waals surface area contributed by atoms with Crippen LogP contribution in [0.1, 0.15) is 32.9 Å². The normalized spacial score (nSPS) is 11.3. The van der Waals surface area contributed by atoms with Gasteiger partial charge in [-0.15, -0.1) is 10.2 Å². The predicted molar refractivity (Wildman–Crippen MR) is 109 cm³/mol. The van der Waals surface area contributed by atoms with E-state index >= 15 is 0 Å². The molecule has 0 spiro atoms. The van der Waals surface area contributed by atoms with Crippen LogP contribution in [0.3, 0.4) is 0 Å². The summed E-state index contributed by atoms with van der Waals surface area (Å²) >= 11 is 7.42. The first-order valence-corrected chi connectivity index (χ1v) is 9.71. The molecule has 0 atom stereocenters. The average Bonchev–Trinajstić information content (AvgIpc) is 3.19. The maximum atomic E-state index is 12.9. The fourth-order valence-electron chi connectivity index (χ4n) is 2.31. The molecule has 2 aromatic carbocycles. The highest BCUT2D eigenvalue weighted by molar-refractivity contribution is 7.15. The standard InChI is InChI=1S/C20H17ClFN3O2S/c1-2-27-16-9-5-13(6-10-16)11-17(21)19-24-25-20(28-19)18(26)23-12-14-3-7-15(22)8-4-14/h3-11H,2,12H2,1H3,(H,23,26)/b17-11-. The zero-order chi connectivity index (χ0) is 19.9. The molecular weight excluding hydrogens is 401 g/mol. The molecule has 5 nitrogen and oxygen atoms in total. The number of amides is 1. The van der Waals surface area contributed by atoms with Gasteiger partial charge < -0.3 is 10.1 Å². The van der Waals surface area contributed by atoms with Gasteiger partial charge in [0.05, 0.1) is 11.6 Å². The number of hydrogen-bond donors (Lipinski definition) is 1. The summed E-state index contributed by atoms with van der Waals surface area (Å²) in [5, 5.41) is 11.6. The van der Waals surface area contributed by atoms with E-state index in [9.17, 15) is 9.18 Å². The summed E-state index contributed by atoms with van der Waals surface area (Å²) in [5.41, 5.74) is 1.67. The van der Waals surface area contributed by atoms with Crippen molar-refractivity contribution in [1.82, 2.24) is 15.5 Å². The van der Waals surface area contributed by atoms with Crippen molar-refractivity contribution < 1.29 is 13.9 Å². The minimum absolute atomic E-state index is 0.204. The summed E-state index contributed by atoms with van der Waals surface area (Å²) in [7, 11) is 0. The predicted octanol–water partition coefficient (Wildman–Crippen LogP) is 4.74. The molecule has 0 aliphatic heterocycles. The van der Waals surface area contributed by atoms with Crippen molar-refractivity contribution in [1.29, 1.82) is 0 Å². The molecule has 28 heavy (non-hydrogen) atoms. The molecule has 3 aromatic rings. The van der Waals surface area contributed by atoms with E-state index in [0.29, 0.717) is 16.6 Å². The Morgan fingerprint density at radius 2 is 1.82 bits per heavy atom. The van der Waals surface area contributed by atoms with Gasteiger partial charge in [-0.1, -0.05) is 47.2 Å². The van der Waals surface area contributed by atoms with E-state index in [1.807, 2.05) is 31.2 Å². The lowest BCUT2D eigenvalue weighted by molar-refractivity contribution is 0.0950. The van der Waals surface area contributed by atoms with Crippen LogP contribution in [-0.2, 0) is 6.54 Å². The highest BCUT2D eigenvalue weighted by atomic mass is 35.5. The number of nitrogens with zero attached hydrogens (tertiary/aromatic N) is 2. The maximum Gasteiger partial charge on any atom is 0.282 e. The highest BCUT2D eigenvalue weighted by Gasteiger charge is 2.14. The van der Waals surface area contributed by atoms with E-state index < -0.39 is 0 Å². The summed E-state index contributed by atoms with van der Waals surface area (Å²) < 4.78 is 18.3. The van der Waals surface area contributed by atoms with Crippen LogP contribution in [0.15, 0.2) is 48.5 Å². The van der Waals surface area contributed by atoms with Gasteiger partial charge in [0.25, 0.3) is 5.91 Å². The van der Waals surface area contributed by atoms with Crippen molar-refractivity contribution in [2.24, 2.45) is 0 Å². The first-order chi connectivity index (χ1) is 13.5. The van der Waals surface area contributed by atoms with Gasteiger partial charge in [-0.2, -0.15) is 0 Å². The third-order valence-corrected chi connectivity index (χ3v) is 5.03. The lowest BCUT2D eigenvalue weighted by atomic mass is 10.2. The van der Waals surface area contributed by atoms with E-state index in [2.05, 4.69) is 15.5 Å². The molecule has 0 aliphatic carbocycles. The molecule has 1 heterocycles. The van der Waals surface area contributed by atoms with Crippen LogP contribution in [0.4, 0.5) is 4.39 Å². The zero-order valence-electron chi connectivity index (χ0n) is 15.0. The summed E-state index contributed by atoms with van der Waals surface area (Å²) in [5.74, 6) is 0.100. The summed E-state index contributed by atoms with van der Waals surface area (Å²) in [6.45, 7) is 2.80. The van der Waals surface area contributed by atoms with E-state index in [1.54, 1.807) is 18.2 Å². The van der Waals surface area contributed by atoms with Gasteiger partial charge in [0.15, 0.2) is 5.01 Å². The van der Waals surface area contributed by atoms with Crippen LogP contribution in [0.25, 0.3) is 11.1 Å². The molecule has 3 rings (SSSR count). The average molecular weight is 418 g/mol. The SMILES string of the molecule is CCOc1ccc(/C=C(\Cl)c2nnc(C(=O)NCc3ccc(F)cc3)s2)cc1. The Labute approximate surface area is 170 Å². The van der Waals surface area contributed by atoms with E-state index in [1.165, 1.54) is 12.1 Å². The lowest BCUT2D eigenvalue weighted by Crippen LogP contribution is -2.22. The van der Waals surface area contributed by atoms with Gasteiger partial charge in [-0.25, -0.2) is 4.39 Å². The van der Waals surface area contributed by atoms with Crippen LogP contribution >= 0.6 is 22.9 Å². The molecule has 1 aromatic heterocycles. The first-order valence-electron chi connectivity index (χ1n) is 8.51. The number of hydrogen-bond acceptors (Lipinski definition) is 5. The van der Waals surface area contributed by atoms with Crippen molar-refractivity contribution in [2.75, 3.05) is 6.61 Å². The quantitative estimate of drug-likeness (QED) is 0.603. The number of rotatable bonds is 7. The number of benzene rings is 2. The van der Waals surface area contributed by atoms with Crippen molar-refractivity contribution in [3.63, 3.8) is 0 Å². The Morgan fingerprint density at radius 1 is 1.14 bits per heavy atom. The Hall–Kier alpha value is -2.77. The second-order valence-electron chi connectivity index (χ2n) is 5.72. The fourth-order valence-corrected chi connectivity index (χ4v) is 3.25. The molecule has 1 N–H and O–H groups in total. The molecule has 144 valence electrons. The van der Waals surface area contributed by atoms with Gasteiger partial charge >= 0.3 is 0 Å². The fraction of sp³-hybridized carbons (Fsp3) is 0.150. The Morgan fingerprint density at radius 3 is 2.50 bits per heavy atom. The molecule has 0 saturated carbocycles. The van der Waals surface area contributed by atoms with Gasteiger partial charge in [0.2, 0.25) is 5.01 Å². The summed E-state index contributed by atoms with van der Waals surface area (Å²) in [6, 6.07) is 13.4. The maximum absolute atomic E-state index is 12.9. The first kappa shape index (κ1) is 20.0. The van der Waals surface area contributed by atoms with Crippen molar-refractivity contribution in [3.8, 4) is 5.75 Å². The van der Waals surface area contributed by atoms with Crippen LogP contribution in [0, 0.1) is 5.82 Å². The van der Waals surface area contributed by atoms with Crippen molar-refractivity contribution in [2.45, 2.75) is 13.5 Å². The van der Waals surface area contributed by atoms with E-state index in [-0.39, 0.29) is 23.3 Å². The molecule has 1 amide bonds. The Balaban J connectivity index is 1.63. The van der Waals surface area contributed by atoms with Crippen LogP contribution < -0.4 is 10.1 Å². The van der Waals surface area contributed by atoms with Crippen molar-refractivity contribution >= 4 is 40.0 Å². The number of nitrogens with one attached hydrogen (secondary N) is 1. The van der Waals surface area contributed by atoms with Crippen LogP contribution in [0.5, 0.6) is 5.75 Å². The largest absolute Gasteiger partial charge is 0.494 e. The van der Waals surface area contributed by atoms with E-state index in [0.717, 1.165) is 28.2 Å². The third-order valence-electron chi connectivity index (χ3n) is 3.67.